The number of amides is 2. The van der Waals surface area contributed by atoms with Crippen molar-refractivity contribution in [3.8, 4) is 0 Å². The third-order valence-corrected chi connectivity index (χ3v) is 4.26. The van der Waals surface area contributed by atoms with Crippen LogP contribution < -0.4 is 16.4 Å². The van der Waals surface area contributed by atoms with Crippen molar-refractivity contribution in [3.63, 3.8) is 0 Å². The van der Waals surface area contributed by atoms with Crippen molar-refractivity contribution in [2.75, 3.05) is 18.1 Å². The number of carbonyl (C=O) groups excluding carboxylic acids is 2. The number of hydrogen-bond acceptors (Lipinski definition) is 4. The second-order valence-corrected chi connectivity index (χ2v) is 5.92. The summed E-state index contributed by atoms with van der Waals surface area (Å²) in [6.45, 7) is 1.38. The predicted octanol–water partition coefficient (Wildman–Crippen LogP) is 0.919. The molecule has 4 N–H and O–H groups in total. The van der Waals surface area contributed by atoms with E-state index in [4.69, 9.17) is 5.73 Å². The molecule has 1 atom stereocenters. The zero-order valence-electron chi connectivity index (χ0n) is 11.6. The standard InChI is InChI=1S/C14H19N3O2S.ClH/c15-14(19)11-3-1-2-10(6-11)8-17-13(18)7-12-9-20-5-4-16-12;/h1-3,6,12,16H,4-5,7-9H2,(H2,15,19)(H,17,18);1H. The van der Waals surface area contributed by atoms with Gasteiger partial charge in [0.2, 0.25) is 11.8 Å². The number of hydrogen-bond donors (Lipinski definition) is 3. The molecule has 1 aromatic rings. The highest BCUT2D eigenvalue weighted by Crippen LogP contribution is 2.10. The lowest BCUT2D eigenvalue weighted by molar-refractivity contribution is -0.121. The number of rotatable bonds is 5. The number of benzene rings is 1. The predicted molar refractivity (Wildman–Crippen MR) is 87.8 cm³/mol. The number of carbonyl (C=O) groups is 2. The van der Waals surface area contributed by atoms with E-state index in [0.29, 0.717) is 18.5 Å². The molecule has 1 aliphatic heterocycles. The fourth-order valence-electron chi connectivity index (χ4n) is 2.08. The Labute approximate surface area is 134 Å². The first-order valence-electron chi connectivity index (χ1n) is 6.62. The highest BCUT2D eigenvalue weighted by molar-refractivity contribution is 7.99. The smallest absolute Gasteiger partial charge is 0.248 e. The summed E-state index contributed by atoms with van der Waals surface area (Å²) in [5.41, 5.74) is 6.56. The van der Waals surface area contributed by atoms with E-state index in [1.807, 2.05) is 17.8 Å². The SMILES string of the molecule is Cl.NC(=O)c1cccc(CNC(=O)CC2CSCCN2)c1. The number of primary amides is 1. The summed E-state index contributed by atoms with van der Waals surface area (Å²) in [6.07, 6.45) is 0.489. The Morgan fingerprint density at radius 2 is 2.24 bits per heavy atom. The lowest BCUT2D eigenvalue weighted by Crippen LogP contribution is -2.41. The van der Waals surface area contributed by atoms with Gasteiger partial charge in [-0.25, -0.2) is 0 Å². The summed E-state index contributed by atoms with van der Waals surface area (Å²) in [5.74, 6) is 1.65. The molecule has 5 nitrogen and oxygen atoms in total. The molecule has 7 heteroatoms. The van der Waals surface area contributed by atoms with Gasteiger partial charge in [0.05, 0.1) is 0 Å². The molecule has 116 valence electrons. The van der Waals surface area contributed by atoms with Crippen molar-refractivity contribution >= 4 is 36.0 Å². The van der Waals surface area contributed by atoms with E-state index in [0.717, 1.165) is 23.6 Å². The summed E-state index contributed by atoms with van der Waals surface area (Å²) in [5, 5.41) is 6.20. The summed E-state index contributed by atoms with van der Waals surface area (Å²) in [6, 6.07) is 7.25. The van der Waals surface area contributed by atoms with Gasteiger partial charge in [-0.3, -0.25) is 9.59 Å². The molecule has 0 saturated carbocycles. The molecular weight excluding hydrogens is 310 g/mol. The molecule has 1 fully saturated rings. The van der Waals surface area contributed by atoms with Crippen LogP contribution in [0.5, 0.6) is 0 Å². The van der Waals surface area contributed by atoms with E-state index < -0.39 is 5.91 Å². The Morgan fingerprint density at radius 1 is 1.43 bits per heavy atom. The molecule has 0 aliphatic carbocycles. The fraction of sp³-hybridized carbons (Fsp3) is 0.429. The summed E-state index contributed by atoms with van der Waals surface area (Å²) in [7, 11) is 0. The number of nitrogens with one attached hydrogen (secondary N) is 2. The van der Waals surface area contributed by atoms with Gasteiger partial charge in [-0.05, 0) is 17.7 Å². The highest BCUT2D eigenvalue weighted by atomic mass is 35.5. The van der Waals surface area contributed by atoms with Crippen molar-refractivity contribution in [3.05, 3.63) is 35.4 Å². The molecule has 0 spiro atoms. The molecule has 21 heavy (non-hydrogen) atoms. The number of nitrogens with two attached hydrogens (primary N) is 1. The van der Waals surface area contributed by atoms with Gasteiger partial charge in [0, 0.05) is 42.6 Å². The molecule has 1 heterocycles. The lowest BCUT2D eigenvalue weighted by atomic mass is 10.1. The van der Waals surface area contributed by atoms with E-state index in [1.165, 1.54) is 0 Å². The monoisotopic (exact) mass is 329 g/mol. The van der Waals surface area contributed by atoms with E-state index in [-0.39, 0.29) is 24.4 Å². The molecule has 1 aliphatic rings. The third-order valence-electron chi connectivity index (χ3n) is 3.13. The first-order chi connectivity index (χ1) is 9.65. The average Bonchev–Trinajstić information content (AvgIpc) is 2.46. The second kappa shape index (κ2) is 8.92. The largest absolute Gasteiger partial charge is 0.366 e. The topological polar surface area (TPSA) is 84.2 Å². The van der Waals surface area contributed by atoms with Crippen molar-refractivity contribution in [1.82, 2.24) is 10.6 Å². The fourth-order valence-corrected chi connectivity index (χ4v) is 3.03. The first kappa shape index (κ1) is 17.8. The lowest BCUT2D eigenvalue weighted by Gasteiger charge is -2.22. The number of halogens is 1. The Morgan fingerprint density at radius 3 is 2.90 bits per heavy atom. The zero-order chi connectivity index (χ0) is 14.4. The van der Waals surface area contributed by atoms with Crippen LogP contribution in [0, 0.1) is 0 Å². The summed E-state index contributed by atoms with van der Waals surface area (Å²) in [4.78, 5) is 22.9. The van der Waals surface area contributed by atoms with Gasteiger partial charge in [-0.15, -0.1) is 12.4 Å². The van der Waals surface area contributed by atoms with Crippen LogP contribution in [0.2, 0.25) is 0 Å². The highest BCUT2D eigenvalue weighted by Gasteiger charge is 2.16. The van der Waals surface area contributed by atoms with Crippen LogP contribution in [-0.4, -0.2) is 35.9 Å². The van der Waals surface area contributed by atoms with Crippen molar-refractivity contribution in [2.24, 2.45) is 5.73 Å². The van der Waals surface area contributed by atoms with Gasteiger partial charge in [0.15, 0.2) is 0 Å². The summed E-state index contributed by atoms with van der Waals surface area (Å²) >= 11 is 1.87. The molecule has 1 aromatic carbocycles. The van der Waals surface area contributed by atoms with Gasteiger partial charge in [0.1, 0.15) is 0 Å². The van der Waals surface area contributed by atoms with Gasteiger partial charge >= 0.3 is 0 Å². The Bertz CT molecular complexity index is 493. The molecule has 2 amide bonds. The van der Waals surface area contributed by atoms with Gasteiger partial charge < -0.3 is 16.4 Å². The van der Waals surface area contributed by atoms with Gasteiger partial charge in [0.25, 0.3) is 0 Å². The van der Waals surface area contributed by atoms with Crippen LogP contribution in [0.15, 0.2) is 24.3 Å². The Balaban J connectivity index is 0.00000220. The van der Waals surface area contributed by atoms with Crippen LogP contribution in [0.25, 0.3) is 0 Å². The molecule has 2 rings (SSSR count). The maximum Gasteiger partial charge on any atom is 0.248 e. The molecule has 0 radical (unpaired) electrons. The zero-order valence-corrected chi connectivity index (χ0v) is 13.3. The summed E-state index contributed by atoms with van der Waals surface area (Å²) < 4.78 is 0. The van der Waals surface area contributed by atoms with Crippen LogP contribution >= 0.6 is 24.2 Å². The van der Waals surface area contributed by atoms with Crippen molar-refractivity contribution in [2.45, 2.75) is 19.0 Å². The number of thioether (sulfide) groups is 1. The Kier molecular flexibility index (Phi) is 7.56. The van der Waals surface area contributed by atoms with E-state index in [9.17, 15) is 9.59 Å². The maximum absolute atomic E-state index is 11.9. The van der Waals surface area contributed by atoms with Crippen LogP contribution in [0.1, 0.15) is 22.3 Å². The molecule has 1 saturated heterocycles. The van der Waals surface area contributed by atoms with Gasteiger partial charge in [-0.1, -0.05) is 12.1 Å². The molecule has 0 aromatic heterocycles. The molecular formula is C14H20ClN3O2S. The first-order valence-corrected chi connectivity index (χ1v) is 7.77. The normalized spacial score (nSPS) is 17.6. The van der Waals surface area contributed by atoms with Crippen molar-refractivity contribution in [1.29, 1.82) is 0 Å². The quantitative estimate of drug-likeness (QED) is 0.750. The van der Waals surface area contributed by atoms with Crippen LogP contribution in [0.3, 0.4) is 0 Å². The van der Waals surface area contributed by atoms with E-state index >= 15 is 0 Å². The Hall–Kier alpha value is -1.24. The third kappa shape index (κ3) is 5.95. The van der Waals surface area contributed by atoms with Crippen LogP contribution in [-0.2, 0) is 11.3 Å². The molecule has 0 bridgehead atoms. The van der Waals surface area contributed by atoms with Gasteiger partial charge in [-0.2, -0.15) is 11.8 Å². The average molecular weight is 330 g/mol. The minimum Gasteiger partial charge on any atom is -0.366 e. The minimum absolute atomic E-state index is 0. The van der Waals surface area contributed by atoms with Crippen LogP contribution in [0.4, 0.5) is 0 Å². The minimum atomic E-state index is -0.457. The van der Waals surface area contributed by atoms with E-state index in [2.05, 4.69) is 10.6 Å². The molecule has 1 unspecified atom stereocenters. The maximum atomic E-state index is 11.9. The van der Waals surface area contributed by atoms with Crippen molar-refractivity contribution < 1.29 is 9.59 Å². The van der Waals surface area contributed by atoms with E-state index in [1.54, 1.807) is 18.2 Å². The second-order valence-electron chi connectivity index (χ2n) is 4.77.